The van der Waals surface area contributed by atoms with Crippen molar-refractivity contribution in [2.45, 2.75) is 4.90 Å². The van der Waals surface area contributed by atoms with Crippen LogP contribution in [0.1, 0.15) is 5.56 Å². The molecule has 0 spiro atoms. The molecule has 7 nitrogen and oxygen atoms in total. The molecule has 1 heterocycles. The Morgan fingerprint density at radius 1 is 1.32 bits per heavy atom. The third-order valence-electron chi connectivity index (χ3n) is 2.06. The van der Waals surface area contributed by atoms with Crippen molar-refractivity contribution < 1.29 is 8.42 Å². The molecule has 1 aromatic heterocycles. The topological polar surface area (TPSA) is 109 Å². The van der Waals surface area contributed by atoms with Crippen molar-refractivity contribution in [2.24, 2.45) is 0 Å². The maximum atomic E-state index is 12.0. The standard InChI is InChI=1S/C10H6ClN5O2S/c11-8-5-7(6-12)1-2-9(8)19(17,18)16-10-13-3-4-14-15-10/h1-5H,(H,13,15,16). The van der Waals surface area contributed by atoms with Gasteiger partial charge in [0.25, 0.3) is 16.0 Å². The van der Waals surface area contributed by atoms with Crippen LogP contribution in [0.15, 0.2) is 35.5 Å². The number of anilines is 1. The lowest BCUT2D eigenvalue weighted by Gasteiger charge is -2.07. The number of nitriles is 1. The molecular formula is C10H6ClN5O2S. The summed E-state index contributed by atoms with van der Waals surface area (Å²) in [6, 6.07) is 5.71. The van der Waals surface area contributed by atoms with Crippen LogP contribution in [0, 0.1) is 11.3 Å². The predicted molar refractivity (Wildman–Crippen MR) is 66.8 cm³/mol. The summed E-state index contributed by atoms with van der Waals surface area (Å²) >= 11 is 5.83. The molecule has 0 fully saturated rings. The van der Waals surface area contributed by atoms with Gasteiger partial charge in [0.05, 0.1) is 29.0 Å². The molecule has 0 radical (unpaired) electrons. The van der Waals surface area contributed by atoms with E-state index >= 15 is 0 Å². The van der Waals surface area contributed by atoms with Gasteiger partial charge in [0.15, 0.2) is 0 Å². The van der Waals surface area contributed by atoms with Gasteiger partial charge in [-0.2, -0.15) is 10.4 Å². The van der Waals surface area contributed by atoms with Gasteiger partial charge in [0, 0.05) is 0 Å². The van der Waals surface area contributed by atoms with Crippen molar-refractivity contribution in [2.75, 3.05) is 4.72 Å². The van der Waals surface area contributed by atoms with Gasteiger partial charge >= 0.3 is 0 Å². The predicted octanol–water partition coefficient (Wildman–Crippen LogP) is 1.20. The molecule has 9 heteroatoms. The number of nitrogens with one attached hydrogen (secondary N) is 1. The summed E-state index contributed by atoms with van der Waals surface area (Å²) in [5.74, 6) is -0.164. The van der Waals surface area contributed by atoms with E-state index in [9.17, 15) is 8.42 Å². The monoisotopic (exact) mass is 295 g/mol. The molecule has 0 saturated carbocycles. The number of hydrogen-bond acceptors (Lipinski definition) is 6. The maximum Gasteiger partial charge on any atom is 0.265 e. The Morgan fingerprint density at radius 2 is 2.11 bits per heavy atom. The van der Waals surface area contributed by atoms with Crippen LogP contribution in [0.2, 0.25) is 5.02 Å². The molecule has 96 valence electrons. The van der Waals surface area contributed by atoms with Gasteiger partial charge in [-0.25, -0.2) is 18.1 Å². The fraction of sp³-hybridized carbons (Fsp3) is 0. The highest BCUT2D eigenvalue weighted by molar-refractivity contribution is 7.92. The highest BCUT2D eigenvalue weighted by Crippen LogP contribution is 2.23. The summed E-state index contributed by atoms with van der Waals surface area (Å²) < 4.78 is 26.2. The number of benzene rings is 1. The summed E-state index contributed by atoms with van der Waals surface area (Å²) in [6.45, 7) is 0. The second-order valence-corrected chi connectivity index (χ2v) is 5.39. The molecule has 2 rings (SSSR count). The lowest BCUT2D eigenvalue weighted by molar-refractivity contribution is 0.600. The van der Waals surface area contributed by atoms with Crippen LogP contribution in [-0.2, 0) is 10.0 Å². The van der Waals surface area contributed by atoms with Crippen LogP contribution >= 0.6 is 11.6 Å². The highest BCUT2D eigenvalue weighted by Gasteiger charge is 2.19. The minimum atomic E-state index is -3.93. The molecule has 0 aliphatic heterocycles. The van der Waals surface area contributed by atoms with E-state index in [1.807, 2.05) is 6.07 Å². The van der Waals surface area contributed by atoms with Crippen LogP contribution in [0.5, 0.6) is 0 Å². The normalized spacial score (nSPS) is 10.7. The summed E-state index contributed by atoms with van der Waals surface area (Å²) in [5.41, 5.74) is 0.265. The van der Waals surface area contributed by atoms with Crippen molar-refractivity contribution >= 4 is 27.6 Å². The third kappa shape index (κ3) is 2.96. The molecule has 0 aliphatic rings. The van der Waals surface area contributed by atoms with Crippen molar-refractivity contribution in [3.8, 4) is 6.07 Å². The Labute approximate surface area is 113 Å². The average molecular weight is 296 g/mol. The smallest absolute Gasteiger partial charge is 0.246 e. The van der Waals surface area contributed by atoms with Gasteiger partial charge in [-0.3, -0.25) is 0 Å². The molecule has 0 atom stereocenters. The first-order chi connectivity index (χ1) is 9.03. The minimum Gasteiger partial charge on any atom is -0.246 e. The molecule has 0 bridgehead atoms. The van der Waals surface area contributed by atoms with Crippen LogP contribution in [0.25, 0.3) is 0 Å². The van der Waals surface area contributed by atoms with Crippen LogP contribution in [0.4, 0.5) is 5.95 Å². The highest BCUT2D eigenvalue weighted by atomic mass is 35.5. The Kier molecular flexibility index (Phi) is 3.59. The van der Waals surface area contributed by atoms with Crippen molar-refractivity contribution in [1.82, 2.24) is 15.2 Å². The zero-order valence-electron chi connectivity index (χ0n) is 9.28. The molecule has 0 saturated heterocycles. The summed E-state index contributed by atoms with van der Waals surface area (Å²) in [7, 11) is -3.93. The number of nitrogens with zero attached hydrogens (tertiary/aromatic N) is 4. The number of halogens is 1. The lowest BCUT2D eigenvalue weighted by Crippen LogP contribution is -2.15. The van der Waals surface area contributed by atoms with E-state index in [1.165, 1.54) is 30.6 Å². The quantitative estimate of drug-likeness (QED) is 0.911. The van der Waals surface area contributed by atoms with Crippen molar-refractivity contribution in [1.29, 1.82) is 5.26 Å². The van der Waals surface area contributed by atoms with E-state index < -0.39 is 10.0 Å². The summed E-state index contributed by atoms with van der Waals surface area (Å²) in [4.78, 5) is 3.53. The van der Waals surface area contributed by atoms with Crippen molar-refractivity contribution in [3.05, 3.63) is 41.2 Å². The maximum absolute atomic E-state index is 12.0. The fourth-order valence-corrected chi connectivity index (χ4v) is 2.75. The molecular weight excluding hydrogens is 290 g/mol. The minimum absolute atomic E-state index is 0.0598. The van der Waals surface area contributed by atoms with Gasteiger partial charge in [-0.15, -0.1) is 5.10 Å². The summed E-state index contributed by atoms with van der Waals surface area (Å²) in [6.07, 6.45) is 2.61. The number of rotatable bonds is 3. The first-order valence-corrected chi connectivity index (χ1v) is 6.75. The van der Waals surface area contributed by atoms with Crippen molar-refractivity contribution in [3.63, 3.8) is 0 Å². The number of hydrogen-bond donors (Lipinski definition) is 1. The second kappa shape index (κ2) is 5.17. The molecule has 0 aliphatic carbocycles. The lowest BCUT2D eigenvalue weighted by atomic mass is 10.2. The largest absolute Gasteiger partial charge is 0.265 e. The van der Waals surface area contributed by atoms with Crippen LogP contribution < -0.4 is 4.72 Å². The Hall–Kier alpha value is -2.24. The van der Waals surface area contributed by atoms with Crippen LogP contribution in [-0.4, -0.2) is 23.6 Å². The van der Waals surface area contributed by atoms with E-state index in [0.29, 0.717) is 0 Å². The summed E-state index contributed by atoms with van der Waals surface area (Å²) in [5, 5.41) is 15.6. The Bertz CT molecular complexity index is 742. The van der Waals surface area contributed by atoms with E-state index in [1.54, 1.807) is 0 Å². The zero-order valence-corrected chi connectivity index (χ0v) is 10.9. The van der Waals surface area contributed by atoms with Gasteiger partial charge in [-0.1, -0.05) is 11.6 Å². The molecule has 19 heavy (non-hydrogen) atoms. The first-order valence-electron chi connectivity index (χ1n) is 4.89. The molecule has 0 amide bonds. The molecule has 2 aromatic rings. The third-order valence-corrected chi connectivity index (χ3v) is 3.87. The number of sulfonamides is 1. The Morgan fingerprint density at radius 3 is 2.68 bits per heavy atom. The fourth-order valence-electron chi connectivity index (χ4n) is 1.26. The van der Waals surface area contributed by atoms with Gasteiger partial charge < -0.3 is 0 Å². The van der Waals surface area contributed by atoms with E-state index in [0.717, 1.165) is 0 Å². The second-order valence-electron chi connectivity index (χ2n) is 3.33. The van der Waals surface area contributed by atoms with E-state index in [-0.39, 0.29) is 21.4 Å². The van der Waals surface area contributed by atoms with Crippen LogP contribution in [0.3, 0.4) is 0 Å². The Balaban J connectivity index is 2.38. The zero-order chi connectivity index (χ0) is 13.9. The van der Waals surface area contributed by atoms with Gasteiger partial charge in [-0.05, 0) is 18.2 Å². The van der Waals surface area contributed by atoms with Gasteiger partial charge in [0.1, 0.15) is 4.90 Å². The van der Waals surface area contributed by atoms with E-state index in [4.69, 9.17) is 16.9 Å². The first kappa shape index (κ1) is 13.2. The van der Waals surface area contributed by atoms with E-state index in [2.05, 4.69) is 19.9 Å². The molecule has 0 unspecified atom stereocenters. The molecule has 1 aromatic carbocycles. The van der Waals surface area contributed by atoms with Gasteiger partial charge in [0.2, 0.25) is 0 Å². The SMILES string of the molecule is N#Cc1ccc(S(=O)(=O)Nc2nccnn2)c(Cl)c1. The average Bonchev–Trinajstić information content (AvgIpc) is 2.38. The number of aromatic nitrogens is 3. The molecule has 1 N–H and O–H groups in total.